The molecule has 1 aliphatic heterocycles. The molecule has 1 fully saturated rings. The molecule has 1 saturated heterocycles. The molecular formula is C30H36N4O4. The van der Waals surface area contributed by atoms with Gasteiger partial charge in [-0.25, -0.2) is 4.79 Å². The molecular weight excluding hydrogens is 480 g/mol. The molecule has 0 aromatic heterocycles. The predicted octanol–water partition coefficient (Wildman–Crippen LogP) is 4.62. The minimum Gasteiger partial charge on any atom is -0.492 e. The molecule has 0 unspecified atom stereocenters. The minimum atomic E-state index is -0.970. The van der Waals surface area contributed by atoms with Crippen molar-refractivity contribution in [1.82, 2.24) is 10.2 Å². The quantitative estimate of drug-likeness (QED) is 0.344. The Morgan fingerprint density at radius 3 is 2.37 bits per heavy atom. The van der Waals surface area contributed by atoms with Gasteiger partial charge in [-0.2, -0.15) is 0 Å². The Kier molecular flexibility index (Phi) is 10.1. The number of piperidine rings is 1. The number of anilines is 1. The van der Waals surface area contributed by atoms with Gasteiger partial charge < -0.3 is 25.8 Å². The molecule has 4 rings (SSSR count). The van der Waals surface area contributed by atoms with Crippen LogP contribution < -0.4 is 21.1 Å². The molecule has 0 radical (unpaired) electrons. The van der Waals surface area contributed by atoms with Crippen molar-refractivity contribution in [2.45, 2.75) is 38.5 Å². The Balaban J connectivity index is 1.41. The Morgan fingerprint density at radius 1 is 0.895 bits per heavy atom. The smallest absolute Gasteiger partial charge is 0.408 e. The second-order valence-electron chi connectivity index (χ2n) is 9.35. The molecule has 1 aliphatic rings. The first-order valence-electron chi connectivity index (χ1n) is 13.1. The van der Waals surface area contributed by atoms with Crippen LogP contribution in [0.5, 0.6) is 5.75 Å². The summed E-state index contributed by atoms with van der Waals surface area (Å²) in [5.41, 5.74) is 8.69. The van der Waals surface area contributed by atoms with Crippen molar-refractivity contribution in [1.29, 1.82) is 0 Å². The largest absolute Gasteiger partial charge is 0.492 e. The van der Waals surface area contributed by atoms with E-state index in [9.17, 15) is 9.59 Å². The van der Waals surface area contributed by atoms with Crippen LogP contribution in [-0.2, 0) is 22.7 Å². The number of ether oxygens (including phenoxy) is 2. The molecule has 38 heavy (non-hydrogen) atoms. The van der Waals surface area contributed by atoms with Gasteiger partial charge in [0.1, 0.15) is 25.0 Å². The highest BCUT2D eigenvalue weighted by atomic mass is 16.5. The van der Waals surface area contributed by atoms with E-state index >= 15 is 0 Å². The van der Waals surface area contributed by atoms with Crippen molar-refractivity contribution >= 4 is 17.7 Å². The van der Waals surface area contributed by atoms with Crippen LogP contribution in [0.15, 0.2) is 78.9 Å². The Bertz CT molecular complexity index is 1160. The van der Waals surface area contributed by atoms with Gasteiger partial charge in [-0.1, -0.05) is 61.0 Å². The number of carbonyl (C=O) groups excluding carboxylic acids is 2. The summed E-state index contributed by atoms with van der Waals surface area (Å²) in [5, 5.41) is 5.59. The Hall–Kier alpha value is -3.88. The van der Waals surface area contributed by atoms with Gasteiger partial charge >= 0.3 is 6.09 Å². The van der Waals surface area contributed by atoms with Crippen LogP contribution in [0.25, 0.3) is 0 Å². The van der Waals surface area contributed by atoms with Crippen LogP contribution in [0.1, 0.15) is 42.0 Å². The number of nitrogens with two attached hydrogens (primary N) is 1. The molecule has 3 aromatic carbocycles. The highest BCUT2D eigenvalue weighted by Gasteiger charge is 2.24. The first-order valence-corrected chi connectivity index (χ1v) is 13.1. The summed E-state index contributed by atoms with van der Waals surface area (Å²) in [6.07, 6.45) is 3.11. The van der Waals surface area contributed by atoms with Crippen LogP contribution >= 0.6 is 0 Å². The van der Waals surface area contributed by atoms with E-state index in [-0.39, 0.29) is 6.61 Å². The van der Waals surface area contributed by atoms with E-state index in [0.717, 1.165) is 30.8 Å². The summed E-state index contributed by atoms with van der Waals surface area (Å²) in [6, 6.07) is 22.9. The van der Waals surface area contributed by atoms with Crippen molar-refractivity contribution in [3.05, 3.63) is 95.6 Å². The third-order valence-corrected chi connectivity index (χ3v) is 6.51. The third-order valence-electron chi connectivity index (χ3n) is 6.51. The summed E-state index contributed by atoms with van der Waals surface area (Å²) in [6.45, 7) is 4.20. The molecule has 200 valence electrons. The first-order chi connectivity index (χ1) is 18.6. The van der Waals surface area contributed by atoms with Gasteiger partial charge in [0.25, 0.3) is 5.91 Å². The van der Waals surface area contributed by atoms with E-state index < -0.39 is 18.0 Å². The van der Waals surface area contributed by atoms with Gasteiger partial charge in [-0.3, -0.25) is 9.69 Å². The fourth-order valence-corrected chi connectivity index (χ4v) is 4.41. The van der Waals surface area contributed by atoms with Gasteiger partial charge in [-0.05, 0) is 66.9 Å². The molecule has 1 heterocycles. The zero-order chi connectivity index (χ0) is 26.6. The molecule has 8 nitrogen and oxygen atoms in total. The standard InChI is InChI=1S/C30H36N4O4/c31-21-24-10-7-11-26(20-24)32-29(35)28(33-30(36)38-22-23-8-3-1-4-9-23)25-12-14-27(15-13-25)37-19-18-34-16-5-2-6-17-34/h1,3-4,7-15,20,28H,2,5-6,16-19,21-22,31H2,(H,32,35)(H,33,36)/t28-/m0/s1. The van der Waals surface area contributed by atoms with Crippen molar-refractivity contribution in [3.8, 4) is 5.75 Å². The van der Waals surface area contributed by atoms with E-state index in [4.69, 9.17) is 15.2 Å². The van der Waals surface area contributed by atoms with Crippen LogP contribution in [0.4, 0.5) is 10.5 Å². The Labute approximate surface area is 224 Å². The number of likely N-dealkylation sites (tertiary alicyclic amines) is 1. The maximum atomic E-state index is 13.3. The van der Waals surface area contributed by atoms with Gasteiger partial charge in [0.15, 0.2) is 0 Å². The number of amides is 2. The van der Waals surface area contributed by atoms with E-state index in [1.165, 1.54) is 19.3 Å². The van der Waals surface area contributed by atoms with Crippen LogP contribution in [-0.4, -0.2) is 43.1 Å². The molecule has 0 saturated carbocycles. The summed E-state index contributed by atoms with van der Waals surface area (Å²) in [7, 11) is 0. The maximum absolute atomic E-state index is 13.3. The zero-order valence-electron chi connectivity index (χ0n) is 21.6. The van der Waals surface area contributed by atoms with E-state index in [1.807, 2.05) is 60.7 Å². The average molecular weight is 517 g/mol. The molecule has 8 heteroatoms. The molecule has 4 N–H and O–H groups in total. The van der Waals surface area contributed by atoms with Gasteiger partial charge in [-0.15, -0.1) is 0 Å². The number of hydrogen-bond donors (Lipinski definition) is 3. The fraction of sp³-hybridized carbons (Fsp3) is 0.333. The third kappa shape index (κ3) is 8.33. The van der Waals surface area contributed by atoms with Crippen molar-refractivity contribution in [2.75, 3.05) is 31.6 Å². The lowest BCUT2D eigenvalue weighted by molar-refractivity contribution is -0.118. The highest BCUT2D eigenvalue weighted by molar-refractivity contribution is 5.97. The number of hydrogen-bond acceptors (Lipinski definition) is 6. The number of nitrogens with zero attached hydrogens (tertiary/aromatic N) is 1. The predicted molar refractivity (Wildman–Crippen MR) is 148 cm³/mol. The topological polar surface area (TPSA) is 106 Å². The van der Waals surface area contributed by atoms with Crippen molar-refractivity contribution in [3.63, 3.8) is 0 Å². The second kappa shape index (κ2) is 14.2. The molecule has 0 bridgehead atoms. The molecule has 2 amide bonds. The summed E-state index contributed by atoms with van der Waals surface area (Å²) in [5.74, 6) is 0.321. The normalized spacial score (nSPS) is 14.3. The first kappa shape index (κ1) is 27.2. The SMILES string of the molecule is NCc1cccc(NC(=O)[C@@H](NC(=O)OCc2ccccc2)c2ccc(OCCN3CCCCC3)cc2)c1. The van der Waals surface area contributed by atoms with Crippen molar-refractivity contribution in [2.24, 2.45) is 5.73 Å². The molecule has 0 spiro atoms. The van der Waals surface area contributed by atoms with Crippen molar-refractivity contribution < 1.29 is 19.1 Å². The number of alkyl carbamates (subject to hydrolysis) is 1. The van der Waals surface area contributed by atoms with Crippen LogP contribution in [0.2, 0.25) is 0 Å². The van der Waals surface area contributed by atoms with E-state index in [2.05, 4.69) is 15.5 Å². The molecule has 3 aromatic rings. The lowest BCUT2D eigenvalue weighted by Crippen LogP contribution is -2.37. The lowest BCUT2D eigenvalue weighted by atomic mass is 10.1. The van der Waals surface area contributed by atoms with Crippen LogP contribution in [0, 0.1) is 0 Å². The van der Waals surface area contributed by atoms with Gasteiger partial charge in [0, 0.05) is 18.8 Å². The molecule has 0 aliphatic carbocycles. The molecule has 1 atom stereocenters. The fourth-order valence-electron chi connectivity index (χ4n) is 4.41. The number of benzene rings is 3. The van der Waals surface area contributed by atoms with Gasteiger partial charge in [0.05, 0.1) is 0 Å². The monoisotopic (exact) mass is 516 g/mol. The number of carbonyl (C=O) groups is 2. The summed E-state index contributed by atoms with van der Waals surface area (Å²) < 4.78 is 11.3. The number of nitrogens with one attached hydrogen (secondary N) is 2. The Morgan fingerprint density at radius 2 is 1.63 bits per heavy atom. The average Bonchev–Trinajstić information content (AvgIpc) is 2.96. The summed E-state index contributed by atoms with van der Waals surface area (Å²) in [4.78, 5) is 28.4. The van der Waals surface area contributed by atoms with E-state index in [1.54, 1.807) is 18.2 Å². The van der Waals surface area contributed by atoms with E-state index in [0.29, 0.717) is 30.2 Å². The maximum Gasteiger partial charge on any atom is 0.408 e. The zero-order valence-corrected chi connectivity index (χ0v) is 21.6. The lowest BCUT2D eigenvalue weighted by Gasteiger charge is -2.26. The highest BCUT2D eigenvalue weighted by Crippen LogP contribution is 2.21. The summed E-state index contributed by atoms with van der Waals surface area (Å²) >= 11 is 0. The number of rotatable bonds is 11. The van der Waals surface area contributed by atoms with Gasteiger partial charge in [0.2, 0.25) is 0 Å². The van der Waals surface area contributed by atoms with Crippen LogP contribution in [0.3, 0.4) is 0 Å². The second-order valence-corrected chi connectivity index (χ2v) is 9.35. The minimum absolute atomic E-state index is 0.101.